The summed E-state index contributed by atoms with van der Waals surface area (Å²) in [5.74, 6) is 0. The maximum atomic E-state index is 5.48. The average molecular weight is 160 g/mol. The van der Waals surface area contributed by atoms with Crippen molar-refractivity contribution < 1.29 is 8.85 Å². The molecule has 0 aliphatic heterocycles. The summed E-state index contributed by atoms with van der Waals surface area (Å²) in [4.78, 5) is 0. The van der Waals surface area contributed by atoms with Gasteiger partial charge in [0.25, 0.3) is 0 Å². The van der Waals surface area contributed by atoms with Crippen LogP contribution in [0, 0.1) is 0 Å². The third-order valence-electron chi connectivity index (χ3n) is 1.54. The van der Waals surface area contributed by atoms with Crippen LogP contribution >= 0.6 is 0 Å². The molecular weight excluding hydrogens is 144 g/mol. The Balaban J connectivity index is 4.00. The Kier molecular flexibility index (Phi) is 4.60. The van der Waals surface area contributed by atoms with E-state index < -0.39 is 8.56 Å². The Labute approximate surface area is 64.1 Å². The van der Waals surface area contributed by atoms with E-state index in [0.29, 0.717) is 6.61 Å². The molecule has 0 radical (unpaired) electrons. The molecule has 3 heteroatoms. The van der Waals surface area contributed by atoms with Crippen molar-refractivity contribution in [2.24, 2.45) is 0 Å². The summed E-state index contributed by atoms with van der Waals surface area (Å²) in [6.45, 7) is 8.45. The van der Waals surface area contributed by atoms with E-state index in [9.17, 15) is 0 Å². The molecule has 0 aliphatic rings. The molecule has 0 saturated heterocycles. The van der Waals surface area contributed by atoms with E-state index in [1.54, 1.807) is 7.11 Å². The van der Waals surface area contributed by atoms with Crippen molar-refractivity contribution in [1.29, 1.82) is 0 Å². The summed E-state index contributed by atoms with van der Waals surface area (Å²) in [5.41, 5.74) is 1.83. The van der Waals surface area contributed by atoms with Crippen LogP contribution < -0.4 is 0 Å². The fourth-order valence-electron chi connectivity index (χ4n) is 0.836. The van der Waals surface area contributed by atoms with Crippen molar-refractivity contribution >= 4 is 8.56 Å². The molecule has 0 rings (SSSR count). The van der Waals surface area contributed by atoms with Gasteiger partial charge in [-0.25, -0.2) is 0 Å². The van der Waals surface area contributed by atoms with Crippen molar-refractivity contribution in [2.75, 3.05) is 13.7 Å². The highest BCUT2D eigenvalue weighted by atomic mass is 28.4. The van der Waals surface area contributed by atoms with Gasteiger partial charge in [-0.1, -0.05) is 6.92 Å². The highest BCUT2D eigenvalue weighted by molar-refractivity contribution is 6.72. The Morgan fingerprint density at radius 3 is 2.20 bits per heavy atom. The summed E-state index contributed by atoms with van der Waals surface area (Å²) in [7, 11) is -0.266. The molecule has 0 heterocycles. The van der Waals surface area contributed by atoms with Gasteiger partial charge in [0, 0.05) is 13.7 Å². The van der Waals surface area contributed by atoms with E-state index in [-0.39, 0.29) is 0 Å². The smallest absolute Gasteiger partial charge is 0.363 e. The lowest BCUT2D eigenvalue weighted by Gasteiger charge is -2.22. The number of hydrogen-bond donors (Lipinski definition) is 0. The van der Waals surface area contributed by atoms with Crippen molar-refractivity contribution in [2.45, 2.75) is 19.9 Å². The third kappa shape index (κ3) is 2.25. The van der Waals surface area contributed by atoms with E-state index in [1.807, 2.05) is 12.6 Å². The first-order chi connectivity index (χ1) is 4.74. The Hall–Kier alpha value is -0.123. The van der Waals surface area contributed by atoms with Gasteiger partial charge < -0.3 is 8.85 Å². The first-order valence-corrected chi connectivity index (χ1v) is 5.67. The van der Waals surface area contributed by atoms with Gasteiger partial charge in [0.15, 0.2) is 0 Å². The second kappa shape index (κ2) is 4.66. The summed E-state index contributed by atoms with van der Waals surface area (Å²) < 4.78 is 10.8. The predicted molar refractivity (Wildman–Crippen MR) is 45.1 cm³/mol. The standard InChI is InChI=1S/C7H16O2Si/c1-5-9-10(6-2,7-3)8-4/h6H,2,5,7H2,1,3-4H3. The van der Waals surface area contributed by atoms with E-state index in [0.717, 1.165) is 6.04 Å². The van der Waals surface area contributed by atoms with Gasteiger partial charge >= 0.3 is 8.56 Å². The summed E-state index contributed by atoms with van der Waals surface area (Å²) in [5, 5.41) is 0. The van der Waals surface area contributed by atoms with Gasteiger partial charge in [-0.3, -0.25) is 0 Å². The van der Waals surface area contributed by atoms with Crippen LogP contribution in [0.1, 0.15) is 13.8 Å². The maximum Gasteiger partial charge on any atom is 0.363 e. The Morgan fingerprint density at radius 2 is 2.10 bits per heavy atom. The van der Waals surface area contributed by atoms with Gasteiger partial charge in [0.2, 0.25) is 0 Å². The zero-order chi connectivity index (χ0) is 8.04. The molecule has 1 atom stereocenters. The topological polar surface area (TPSA) is 18.5 Å². The second-order valence-electron chi connectivity index (χ2n) is 2.01. The molecule has 0 aromatic carbocycles. The quantitative estimate of drug-likeness (QED) is 0.571. The van der Waals surface area contributed by atoms with Gasteiger partial charge in [-0.05, 0) is 18.7 Å². The zero-order valence-corrected chi connectivity index (χ0v) is 8.02. The zero-order valence-electron chi connectivity index (χ0n) is 7.02. The lowest BCUT2D eigenvalue weighted by atomic mass is 10.9. The molecular formula is C7H16O2Si. The number of hydrogen-bond acceptors (Lipinski definition) is 2. The molecule has 0 aliphatic carbocycles. The van der Waals surface area contributed by atoms with Crippen LogP contribution in [0.2, 0.25) is 6.04 Å². The molecule has 2 nitrogen and oxygen atoms in total. The second-order valence-corrected chi connectivity index (χ2v) is 5.44. The van der Waals surface area contributed by atoms with Crippen molar-refractivity contribution in [3.8, 4) is 0 Å². The molecule has 0 amide bonds. The minimum Gasteiger partial charge on any atom is -0.395 e. The normalized spacial score (nSPS) is 16.3. The minimum atomic E-state index is -1.95. The molecule has 0 fully saturated rings. The van der Waals surface area contributed by atoms with Crippen LogP contribution in [-0.4, -0.2) is 22.3 Å². The predicted octanol–water partition coefficient (Wildman–Crippen LogP) is 1.86. The molecule has 0 bridgehead atoms. The van der Waals surface area contributed by atoms with Gasteiger partial charge in [-0.2, -0.15) is 0 Å². The van der Waals surface area contributed by atoms with Gasteiger partial charge in [0.05, 0.1) is 0 Å². The molecule has 0 N–H and O–H groups in total. The molecule has 0 aromatic rings. The average Bonchev–Trinajstić information content (AvgIpc) is 2.01. The van der Waals surface area contributed by atoms with Crippen LogP contribution in [0.25, 0.3) is 0 Å². The molecule has 60 valence electrons. The van der Waals surface area contributed by atoms with Crippen LogP contribution in [0.3, 0.4) is 0 Å². The largest absolute Gasteiger partial charge is 0.395 e. The lowest BCUT2D eigenvalue weighted by molar-refractivity contribution is 0.222. The molecule has 10 heavy (non-hydrogen) atoms. The van der Waals surface area contributed by atoms with E-state index in [2.05, 4.69) is 13.5 Å². The molecule has 0 aromatic heterocycles. The number of rotatable bonds is 5. The maximum absolute atomic E-state index is 5.48. The third-order valence-corrected chi connectivity index (χ3v) is 4.61. The van der Waals surface area contributed by atoms with Crippen LogP contribution in [0.4, 0.5) is 0 Å². The van der Waals surface area contributed by atoms with Crippen LogP contribution in [-0.2, 0) is 8.85 Å². The molecule has 0 spiro atoms. The Bertz CT molecular complexity index is 99.8. The van der Waals surface area contributed by atoms with Crippen LogP contribution in [0.15, 0.2) is 12.3 Å². The first kappa shape index (κ1) is 9.88. The fraction of sp³-hybridized carbons (Fsp3) is 0.714. The summed E-state index contributed by atoms with van der Waals surface area (Å²) in [6, 6.07) is 0.931. The fourth-order valence-corrected chi connectivity index (χ4v) is 2.51. The lowest BCUT2D eigenvalue weighted by Crippen LogP contribution is -2.38. The molecule has 0 saturated carbocycles. The van der Waals surface area contributed by atoms with E-state index in [4.69, 9.17) is 8.85 Å². The van der Waals surface area contributed by atoms with E-state index in [1.165, 1.54) is 0 Å². The van der Waals surface area contributed by atoms with E-state index >= 15 is 0 Å². The van der Waals surface area contributed by atoms with Crippen LogP contribution in [0.5, 0.6) is 0 Å². The van der Waals surface area contributed by atoms with Gasteiger partial charge in [0.1, 0.15) is 0 Å². The first-order valence-electron chi connectivity index (χ1n) is 3.57. The van der Waals surface area contributed by atoms with Crippen molar-refractivity contribution in [3.63, 3.8) is 0 Å². The highest BCUT2D eigenvalue weighted by Gasteiger charge is 2.29. The summed E-state index contributed by atoms with van der Waals surface area (Å²) >= 11 is 0. The Morgan fingerprint density at radius 1 is 1.50 bits per heavy atom. The summed E-state index contributed by atoms with van der Waals surface area (Å²) in [6.07, 6.45) is 0. The molecule has 1 unspecified atom stereocenters. The van der Waals surface area contributed by atoms with Crippen molar-refractivity contribution in [3.05, 3.63) is 12.3 Å². The minimum absolute atomic E-state index is 0.708. The van der Waals surface area contributed by atoms with Crippen molar-refractivity contribution in [1.82, 2.24) is 0 Å². The van der Waals surface area contributed by atoms with Gasteiger partial charge in [-0.15, -0.1) is 6.58 Å². The monoisotopic (exact) mass is 160 g/mol. The SMILES string of the molecule is C=C[Si](CC)(OC)OCC. The highest BCUT2D eigenvalue weighted by Crippen LogP contribution is 2.12.